The van der Waals surface area contributed by atoms with Crippen molar-refractivity contribution in [3.8, 4) is 0 Å². The Morgan fingerprint density at radius 2 is 1.95 bits per heavy atom. The highest BCUT2D eigenvalue weighted by Gasteiger charge is 2.20. The Morgan fingerprint density at radius 3 is 2.41 bits per heavy atom. The molecular formula is C18H23N3O. The van der Waals surface area contributed by atoms with Crippen molar-refractivity contribution in [3.63, 3.8) is 0 Å². The van der Waals surface area contributed by atoms with Gasteiger partial charge in [-0.1, -0.05) is 43.0 Å². The van der Waals surface area contributed by atoms with Crippen molar-refractivity contribution in [2.45, 2.75) is 27.7 Å². The van der Waals surface area contributed by atoms with Crippen molar-refractivity contribution >= 4 is 17.2 Å². The van der Waals surface area contributed by atoms with Gasteiger partial charge in [0.2, 0.25) is 0 Å². The molecule has 0 saturated carbocycles. The third kappa shape index (κ3) is 3.52. The van der Waals surface area contributed by atoms with Gasteiger partial charge in [-0.05, 0) is 39.3 Å². The Kier molecular flexibility index (Phi) is 6.32. The van der Waals surface area contributed by atoms with Gasteiger partial charge >= 0.3 is 0 Å². The Bertz CT molecular complexity index is 685. The fourth-order valence-corrected chi connectivity index (χ4v) is 2.16. The molecule has 0 fully saturated rings. The molecule has 1 aromatic rings. The van der Waals surface area contributed by atoms with Crippen LogP contribution in [0.4, 0.5) is 0 Å². The van der Waals surface area contributed by atoms with Crippen molar-refractivity contribution in [2.24, 2.45) is 5.73 Å². The van der Waals surface area contributed by atoms with Crippen LogP contribution in [-0.4, -0.2) is 15.7 Å². The molecule has 0 atom stereocenters. The number of aromatic nitrogens is 2. The minimum absolute atomic E-state index is 0.270. The number of hydrogen-bond donors (Lipinski definition) is 1. The van der Waals surface area contributed by atoms with Crippen molar-refractivity contribution < 1.29 is 4.79 Å². The van der Waals surface area contributed by atoms with Crippen LogP contribution in [0.3, 0.4) is 0 Å². The predicted molar refractivity (Wildman–Crippen MR) is 93.2 cm³/mol. The Balaban J connectivity index is 3.73. The van der Waals surface area contributed by atoms with E-state index in [1.165, 1.54) is 0 Å². The molecule has 4 nitrogen and oxygen atoms in total. The predicted octanol–water partition coefficient (Wildman–Crippen LogP) is 3.87. The van der Waals surface area contributed by atoms with Crippen LogP contribution in [0.2, 0.25) is 0 Å². The van der Waals surface area contributed by atoms with E-state index in [1.807, 2.05) is 64.2 Å². The van der Waals surface area contributed by atoms with Gasteiger partial charge in [0, 0.05) is 5.56 Å². The number of nitrogens with two attached hydrogens (primary N) is 1. The molecule has 0 aliphatic rings. The highest BCUT2D eigenvalue weighted by Crippen LogP contribution is 2.26. The molecule has 0 saturated heterocycles. The number of hydrogen-bond acceptors (Lipinski definition) is 2. The second-order valence-corrected chi connectivity index (χ2v) is 4.66. The lowest BCUT2D eigenvalue weighted by atomic mass is 10.1. The zero-order chi connectivity index (χ0) is 16.7. The summed E-state index contributed by atoms with van der Waals surface area (Å²) in [6.45, 7) is 11.5. The molecule has 0 bridgehead atoms. The lowest BCUT2D eigenvalue weighted by molar-refractivity contribution is 0.0994. The molecule has 116 valence electrons. The average Bonchev–Trinajstić information content (AvgIpc) is 2.84. The monoisotopic (exact) mass is 297 g/mol. The number of carbonyl (C=O) groups is 1. The van der Waals surface area contributed by atoms with E-state index < -0.39 is 5.91 Å². The second kappa shape index (κ2) is 7.98. The van der Waals surface area contributed by atoms with E-state index in [1.54, 1.807) is 10.8 Å². The highest BCUT2D eigenvalue weighted by atomic mass is 16.1. The normalized spacial score (nSPS) is 13.3. The van der Waals surface area contributed by atoms with E-state index in [0.29, 0.717) is 0 Å². The molecule has 1 heterocycles. The summed E-state index contributed by atoms with van der Waals surface area (Å²) in [4.78, 5) is 11.6. The third-order valence-corrected chi connectivity index (χ3v) is 3.19. The largest absolute Gasteiger partial charge is 0.364 e. The molecule has 1 aromatic heterocycles. The minimum atomic E-state index is -0.539. The fraction of sp³-hybridized carbons (Fsp3) is 0.222. The van der Waals surface area contributed by atoms with Crippen LogP contribution in [0.5, 0.6) is 0 Å². The smallest absolute Gasteiger partial charge is 0.269 e. The average molecular weight is 297 g/mol. The second-order valence-electron chi connectivity index (χ2n) is 4.66. The Morgan fingerprint density at radius 1 is 1.27 bits per heavy atom. The summed E-state index contributed by atoms with van der Waals surface area (Å²) in [5, 5.41) is 4.39. The van der Waals surface area contributed by atoms with Gasteiger partial charge in [-0.15, -0.1) is 0 Å². The Labute approximate surface area is 132 Å². The van der Waals surface area contributed by atoms with Gasteiger partial charge in [0.05, 0.1) is 11.4 Å². The molecule has 2 N–H and O–H groups in total. The van der Waals surface area contributed by atoms with Gasteiger partial charge in [-0.2, -0.15) is 5.10 Å². The summed E-state index contributed by atoms with van der Waals surface area (Å²) in [5.41, 5.74) is 9.01. The van der Waals surface area contributed by atoms with E-state index in [-0.39, 0.29) is 5.69 Å². The number of nitrogens with zero attached hydrogens (tertiary/aromatic N) is 2. The van der Waals surface area contributed by atoms with Crippen LogP contribution in [0, 0.1) is 6.92 Å². The quantitative estimate of drug-likeness (QED) is 0.810. The summed E-state index contributed by atoms with van der Waals surface area (Å²) in [6.07, 6.45) is 13.3. The van der Waals surface area contributed by atoms with Crippen molar-refractivity contribution in [1.82, 2.24) is 9.78 Å². The van der Waals surface area contributed by atoms with Gasteiger partial charge in [-0.25, -0.2) is 4.68 Å². The number of rotatable bonds is 6. The van der Waals surface area contributed by atoms with Crippen molar-refractivity contribution in [3.05, 3.63) is 66.1 Å². The minimum Gasteiger partial charge on any atom is -0.364 e. The zero-order valence-electron chi connectivity index (χ0n) is 13.6. The Hall–Kier alpha value is -2.62. The first-order valence-corrected chi connectivity index (χ1v) is 7.16. The number of carbonyl (C=O) groups excluding carboxylic acids is 1. The first-order valence-electron chi connectivity index (χ1n) is 7.16. The summed E-state index contributed by atoms with van der Waals surface area (Å²) in [5.74, 6) is -0.539. The lowest BCUT2D eigenvalue weighted by Gasteiger charge is -2.09. The van der Waals surface area contributed by atoms with Crippen LogP contribution in [0.1, 0.15) is 42.5 Å². The molecule has 4 heteroatoms. The molecule has 1 rings (SSSR count). The van der Waals surface area contributed by atoms with Crippen molar-refractivity contribution in [1.29, 1.82) is 0 Å². The molecule has 0 aliphatic carbocycles. The summed E-state index contributed by atoms with van der Waals surface area (Å²) < 4.78 is 1.73. The zero-order valence-corrected chi connectivity index (χ0v) is 13.6. The van der Waals surface area contributed by atoms with Gasteiger partial charge in [0.25, 0.3) is 5.91 Å². The van der Waals surface area contributed by atoms with E-state index in [0.717, 1.165) is 22.5 Å². The molecular weight excluding hydrogens is 274 g/mol. The standard InChI is InChI=1S/C18H23N3O/c1-6-10-12-14(8-3)17-13(5)16(18(19)22)20-21(17)15(9-4)11-7-2/h6-12H,3H2,1-2,4-5H3,(H2,19,22)/b10-6-,11-7-,14-12+,15-9+. The maximum absolute atomic E-state index is 11.6. The van der Waals surface area contributed by atoms with E-state index in [4.69, 9.17) is 5.73 Å². The molecule has 0 spiro atoms. The number of amides is 1. The lowest BCUT2D eigenvalue weighted by Crippen LogP contribution is -2.13. The summed E-state index contributed by atoms with van der Waals surface area (Å²) >= 11 is 0. The van der Waals surface area contributed by atoms with Gasteiger partial charge < -0.3 is 5.73 Å². The first kappa shape index (κ1) is 17.4. The van der Waals surface area contributed by atoms with Gasteiger partial charge in [0.1, 0.15) is 0 Å². The van der Waals surface area contributed by atoms with Gasteiger partial charge in [0.15, 0.2) is 5.69 Å². The number of allylic oxidation sites excluding steroid dienone is 9. The summed E-state index contributed by atoms with van der Waals surface area (Å²) in [7, 11) is 0. The topological polar surface area (TPSA) is 60.9 Å². The van der Waals surface area contributed by atoms with Crippen LogP contribution >= 0.6 is 0 Å². The van der Waals surface area contributed by atoms with Crippen LogP contribution in [-0.2, 0) is 0 Å². The number of primary amides is 1. The molecule has 22 heavy (non-hydrogen) atoms. The molecule has 0 aromatic carbocycles. The summed E-state index contributed by atoms with van der Waals surface area (Å²) in [6, 6.07) is 0. The van der Waals surface area contributed by atoms with E-state index >= 15 is 0 Å². The fourth-order valence-electron chi connectivity index (χ4n) is 2.16. The van der Waals surface area contributed by atoms with Crippen LogP contribution < -0.4 is 5.73 Å². The van der Waals surface area contributed by atoms with E-state index in [2.05, 4.69) is 11.7 Å². The van der Waals surface area contributed by atoms with E-state index in [9.17, 15) is 4.79 Å². The third-order valence-electron chi connectivity index (χ3n) is 3.19. The molecule has 0 radical (unpaired) electrons. The van der Waals surface area contributed by atoms with Crippen LogP contribution in [0.25, 0.3) is 11.3 Å². The molecule has 0 unspecified atom stereocenters. The first-order chi connectivity index (χ1) is 10.5. The molecule has 1 amide bonds. The maximum atomic E-state index is 11.6. The SMILES string of the molecule is C=C/C(=C\C=C/C)c1c(C)c(C(N)=O)nn1C(/C=C\C)=C/C. The van der Waals surface area contributed by atoms with Crippen molar-refractivity contribution in [2.75, 3.05) is 0 Å². The molecule has 0 aliphatic heterocycles. The van der Waals surface area contributed by atoms with Gasteiger partial charge in [-0.3, -0.25) is 4.79 Å². The van der Waals surface area contributed by atoms with Crippen LogP contribution in [0.15, 0.2) is 49.1 Å². The maximum Gasteiger partial charge on any atom is 0.269 e. The highest BCUT2D eigenvalue weighted by molar-refractivity contribution is 5.94.